The number of rotatable bonds is 6. The number of halogens is 4. The molecule has 0 fully saturated rings. The van der Waals surface area contributed by atoms with Gasteiger partial charge in [-0.3, -0.25) is 4.79 Å². The number of oxazole rings is 1. The maximum atomic E-state index is 13.6. The summed E-state index contributed by atoms with van der Waals surface area (Å²) in [5.74, 6) is -1.04. The third-order valence-corrected chi connectivity index (χ3v) is 3.08. The molecule has 1 amide bonds. The van der Waals surface area contributed by atoms with Gasteiger partial charge in [0.2, 0.25) is 5.91 Å². The average Bonchev–Trinajstić information content (AvgIpc) is 2.93. The molecule has 2 aromatic rings. The molecule has 1 aromatic heterocycles. The van der Waals surface area contributed by atoms with E-state index in [-0.39, 0.29) is 60.9 Å². The number of amides is 1. The lowest BCUT2D eigenvalue weighted by atomic mass is 10.2. The molecule has 0 radical (unpaired) electrons. The van der Waals surface area contributed by atoms with Crippen LogP contribution in [0.4, 0.5) is 8.78 Å². The molecule has 0 spiro atoms. The molecule has 5 nitrogen and oxygen atoms in total. The molecule has 0 aliphatic carbocycles. The van der Waals surface area contributed by atoms with Gasteiger partial charge in [-0.1, -0.05) is 0 Å². The molecule has 0 unspecified atom stereocenters. The Kier molecular flexibility index (Phi) is 9.50. The first-order chi connectivity index (χ1) is 10.5. The van der Waals surface area contributed by atoms with Crippen molar-refractivity contribution in [3.8, 4) is 11.3 Å². The number of carbonyl (C=O) groups is 1. The van der Waals surface area contributed by atoms with Gasteiger partial charge in [0.1, 0.15) is 11.6 Å². The first-order valence-electron chi connectivity index (χ1n) is 6.89. The normalized spacial score (nSPS) is 11.2. The van der Waals surface area contributed by atoms with Crippen molar-refractivity contribution in [3.05, 3.63) is 41.9 Å². The lowest BCUT2D eigenvalue weighted by molar-refractivity contribution is -0.121. The van der Waals surface area contributed by atoms with Gasteiger partial charge in [0.25, 0.3) is 0 Å². The van der Waals surface area contributed by atoms with Crippen LogP contribution >= 0.6 is 24.8 Å². The molecule has 0 saturated heterocycles. The van der Waals surface area contributed by atoms with Gasteiger partial charge in [-0.2, -0.15) is 0 Å². The van der Waals surface area contributed by atoms with Crippen LogP contribution in [0.15, 0.2) is 28.8 Å². The van der Waals surface area contributed by atoms with Crippen molar-refractivity contribution in [1.29, 1.82) is 0 Å². The number of hydrogen-bond donors (Lipinski definition) is 2. The maximum Gasteiger partial charge on any atom is 0.220 e. The van der Waals surface area contributed by atoms with Crippen LogP contribution in [0.2, 0.25) is 0 Å². The highest BCUT2D eigenvalue weighted by molar-refractivity contribution is 5.85. The zero-order chi connectivity index (χ0) is 16.1. The van der Waals surface area contributed by atoms with E-state index in [2.05, 4.69) is 10.3 Å². The van der Waals surface area contributed by atoms with Gasteiger partial charge in [-0.05, 0) is 19.1 Å². The zero-order valence-electron chi connectivity index (χ0n) is 12.9. The van der Waals surface area contributed by atoms with Crippen molar-refractivity contribution in [2.24, 2.45) is 5.73 Å². The summed E-state index contributed by atoms with van der Waals surface area (Å²) in [6, 6.07) is 3.10. The van der Waals surface area contributed by atoms with Crippen molar-refractivity contribution < 1.29 is 18.0 Å². The third-order valence-electron chi connectivity index (χ3n) is 3.08. The fraction of sp³-hybridized carbons (Fsp3) is 0.333. The first kappa shape index (κ1) is 22.3. The van der Waals surface area contributed by atoms with E-state index < -0.39 is 11.6 Å². The predicted octanol–water partition coefficient (Wildman–Crippen LogP) is 2.86. The molecule has 1 atom stereocenters. The average molecular weight is 382 g/mol. The van der Waals surface area contributed by atoms with Gasteiger partial charge in [-0.25, -0.2) is 13.8 Å². The van der Waals surface area contributed by atoms with E-state index in [0.29, 0.717) is 12.4 Å². The van der Waals surface area contributed by atoms with E-state index in [1.807, 2.05) is 0 Å². The Balaban J connectivity index is 0.00000264. The molecule has 24 heavy (non-hydrogen) atoms. The van der Waals surface area contributed by atoms with Crippen LogP contribution in [0.5, 0.6) is 0 Å². The summed E-state index contributed by atoms with van der Waals surface area (Å²) in [4.78, 5) is 15.6. The fourth-order valence-corrected chi connectivity index (χ4v) is 1.87. The Hall–Kier alpha value is -1.70. The molecule has 3 N–H and O–H groups in total. The van der Waals surface area contributed by atoms with Crippen LogP contribution in [0.1, 0.15) is 19.2 Å². The monoisotopic (exact) mass is 381 g/mol. The number of benzene rings is 1. The largest absolute Gasteiger partial charge is 0.441 e. The van der Waals surface area contributed by atoms with Crippen LogP contribution in [-0.4, -0.2) is 23.5 Å². The van der Waals surface area contributed by atoms with E-state index in [1.54, 1.807) is 6.92 Å². The van der Waals surface area contributed by atoms with Gasteiger partial charge in [0, 0.05) is 31.5 Å². The number of nitrogens with one attached hydrogen (secondary N) is 1. The highest BCUT2D eigenvalue weighted by Gasteiger charge is 2.13. The SMILES string of the molecule is C[C@@H](CN)NC(=O)CCc1ncc(-c2ccc(F)cc2F)o1.Cl.Cl. The number of nitrogens with two attached hydrogens (primary N) is 1. The number of nitrogens with zero attached hydrogens (tertiary/aromatic N) is 1. The van der Waals surface area contributed by atoms with E-state index in [9.17, 15) is 13.6 Å². The number of aromatic nitrogens is 1. The molecular weight excluding hydrogens is 363 g/mol. The van der Waals surface area contributed by atoms with Crippen molar-refractivity contribution in [1.82, 2.24) is 10.3 Å². The van der Waals surface area contributed by atoms with E-state index in [1.165, 1.54) is 12.3 Å². The molecule has 1 heterocycles. The second-order valence-corrected chi connectivity index (χ2v) is 4.95. The fourth-order valence-electron chi connectivity index (χ4n) is 1.87. The van der Waals surface area contributed by atoms with E-state index in [0.717, 1.165) is 12.1 Å². The molecule has 0 bridgehead atoms. The smallest absolute Gasteiger partial charge is 0.220 e. The van der Waals surface area contributed by atoms with Crippen molar-refractivity contribution >= 4 is 30.7 Å². The summed E-state index contributed by atoms with van der Waals surface area (Å²) in [6.07, 6.45) is 1.83. The molecule has 1 aromatic carbocycles. The van der Waals surface area contributed by atoms with Crippen LogP contribution < -0.4 is 11.1 Å². The van der Waals surface area contributed by atoms with Gasteiger partial charge < -0.3 is 15.5 Å². The summed E-state index contributed by atoms with van der Waals surface area (Å²) in [5.41, 5.74) is 5.54. The molecule has 0 aliphatic rings. The molecule has 134 valence electrons. The minimum atomic E-state index is -0.725. The van der Waals surface area contributed by atoms with Gasteiger partial charge in [-0.15, -0.1) is 24.8 Å². The number of hydrogen-bond acceptors (Lipinski definition) is 4. The summed E-state index contributed by atoms with van der Waals surface area (Å²) >= 11 is 0. The highest BCUT2D eigenvalue weighted by atomic mass is 35.5. The molecule has 0 saturated carbocycles. The second kappa shape index (κ2) is 10.2. The van der Waals surface area contributed by atoms with Crippen LogP contribution in [0.25, 0.3) is 11.3 Å². The van der Waals surface area contributed by atoms with Crippen molar-refractivity contribution in [2.75, 3.05) is 6.54 Å². The van der Waals surface area contributed by atoms with E-state index >= 15 is 0 Å². The van der Waals surface area contributed by atoms with Crippen molar-refractivity contribution in [3.63, 3.8) is 0 Å². The lowest BCUT2D eigenvalue weighted by Crippen LogP contribution is -2.37. The van der Waals surface area contributed by atoms with Gasteiger partial charge in [0.15, 0.2) is 11.7 Å². The van der Waals surface area contributed by atoms with Crippen LogP contribution in [-0.2, 0) is 11.2 Å². The summed E-state index contributed by atoms with van der Waals surface area (Å²) in [5, 5.41) is 2.72. The maximum absolute atomic E-state index is 13.6. The Labute approximate surface area is 150 Å². The van der Waals surface area contributed by atoms with Crippen LogP contribution in [0, 0.1) is 11.6 Å². The third kappa shape index (κ3) is 6.07. The van der Waals surface area contributed by atoms with Crippen LogP contribution in [0.3, 0.4) is 0 Å². The summed E-state index contributed by atoms with van der Waals surface area (Å²) < 4.78 is 31.9. The topological polar surface area (TPSA) is 81.1 Å². The van der Waals surface area contributed by atoms with Crippen molar-refractivity contribution in [2.45, 2.75) is 25.8 Å². The van der Waals surface area contributed by atoms with E-state index in [4.69, 9.17) is 10.2 Å². The summed E-state index contributed by atoms with van der Waals surface area (Å²) in [6.45, 7) is 2.16. The predicted molar refractivity (Wildman–Crippen MR) is 91.3 cm³/mol. The first-order valence-corrected chi connectivity index (χ1v) is 6.89. The molecule has 2 rings (SSSR count). The number of aryl methyl sites for hydroxylation is 1. The Morgan fingerprint density at radius 3 is 2.71 bits per heavy atom. The second-order valence-electron chi connectivity index (χ2n) is 4.95. The summed E-state index contributed by atoms with van der Waals surface area (Å²) in [7, 11) is 0. The lowest BCUT2D eigenvalue weighted by Gasteiger charge is -2.10. The molecule has 0 aliphatic heterocycles. The van der Waals surface area contributed by atoms with Gasteiger partial charge >= 0.3 is 0 Å². The Bertz CT molecular complexity index is 668. The highest BCUT2D eigenvalue weighted by Crippen LogP contribution is 2.24. The number of carbonyl (C=O) groups excluding carboxylic acids is 1. The Morgan fingerprint density at radius 2 is 2.08 bits per heavy atom. The minimum absolute atomic E-state index is 0. The zero-order valence-corrected chi connectivity index (χ0v) is 14.6. The standard InChI is InChI=1S/C15H17F2N3O2.2ClH/c1-9(7-18)20-14(21)4-5-15-19-8-13(22-15)11-3-2-10(16)6-12(11)17;;/h2-3,6,8-9H,4-5,7,18H2,1H3,(H,20,21);2*1H/t9-;;/m0../s1. The molecular formula is C15H19Cl2F2N3O2. The Morgan fingerprint density at radius 1 is 1.38 bits per heavy atom. The molecule has 9 heteroatoms. The van der Waals surface area contributed by atoms with Gasteiger partial charge in [0.05, 0.1) is 11.8 Å². The minimum Gasteiger partial charge on any atom is -0.441 e. The quantitative estimate of drug-likeness (QED) is 0.805.